The molecule has 0 aliphatic rings. The SMILES string of the molecule is CC(=O)Nc1ccc(CNC(C)c2cccc(Br)c2)cc1. The molecule has 2 rings (SSSR count). The van der Waals surface area contributed by atoms with E-state index in [1.165, 1.54) is 18.1 Å². The Labute approximate surface area is 133 Å². The number of halogens is 1. The summed E-state index contributed by atoms with van der Waals surface area (Å²) < 4.78 is 1.09. The highest BCUT2D eigenvalue weighted by Crippen LogP contribution is 2.18. The molecule has 1 amide bonds. The van der Waals surface area contributed by atoms with E-state index >= 15 is 0 Å². The molecule has 2 aromatic carbocycles. The maximum atomic E-state index is 11.0. The summed E-state index contributed by atoms with van der Waals surface area (Å²) in [6, 6.07) is 16.5. The van der Waals surface area contributed by atoms with Gasteiger partial charge in [0, 0.05) is 29.7 Å². The fourth-order valence-corrected chi connectivity index (χ4v) is 2.49. The van der Waals surface area contributed by atoms with Gasteiger partial charge in [-0.3, -0.25) is 4.79 Å². The third-order valence-corrected chi connectivity index (χ3v) is 3.73. The molecule has 2 N–H and O–H groups in total. The van der Waals surface area contributed by atoms with E-state index in [-0.39, 0.29) is 11.9 Å². The van der Waals surface area contributed by atoms with Gasteiger partial charge in [0.05, 0.1) is 0 Å². The normalized spacial score (nSPS) is 12.0. The molecule has 21 heavy (non-hydrogen) atoms. The number of rotatable bonds is 5. The summed E-state index contributed by atoms with van der Waals surface area (Å²) in [5.74, 6) is -0.0517. The van der Waals surface area contributed by atoms with Crippen LogP contribution in [0.15, 0.2) is 53.0 Å². The molecule has 1 unspecified atom stereocenters. The Balaban J connectivity index is 1.92. The van der Waals surface area contributed by atoms with E-state index in [1.807, 2.05) is 36.4 Å². The van der Waals surface area contributed by atoms with Gasteiger partial charge in [-0.2, -0.15) is 0 Å². The minimum Gasteiger partial charge on any atom is -0.326 e. The fourth-order valence-electron chi connectivity index (χ4n) is 2.07. The number of hydrogen-bond acceptors (Lipinski definition) is 2. The summed E-state index contributed by atoms with van der Waals surface area (Å²) in [6.45, 7) is 4.44. The molecular weight excluding hydrogens is 328 g/mol. The number of carbonyl (C=O) groups is 1. The second kappa shape index (κ2) is 7.38. The summed E-state index contributed by atoms with van der Waals surface area (Å²) in [5.41, 5.74) is 3.26. The largest absolute Gasteiger partial charge is 0.326 e. The van der Waals surface area contributed by atoms with Gasteiger partial charge in [-0.15, -0.1) is 0 Å². The molecule has 0 aromatic heterocycles. The van der Waals surface area contributed by atoms with Gasteiger partial charge in [-0.05, 0) is 42.3 Å². The van der Waals surface area contributed by atoms with Crippen molar-refractivity contribution in [1.82, 2.24) is 5.32 Å². The highest BCUT2D eigenvalue weighted by Gasteiger charge is 2.05. The lowest BCUT2D eigenvalue weighted by Gasteiger charge is -2.15. The number of anilines is 1. The molecule has 3 nitrogen and oxygen atoms in total. The molecule has 4 heteroatoms. The molecular formula is C17H19BrN2O. The average molecular weight is 347 g/mol. The number of amides is 1. The lowest BCUT2D eigenvalue weighted by atomic mass is 10.1. The highest BCUT2D eigenvalue weighted by atomic mass is 79.9. The van der Waals surface area contributed by atoms with Crippen molar-refractivity contribution in [3.8, 4) is 0 Å². The quantitative estimate of drug-likeness (QED) is 0.849. The Morgan fingerprint density at radius 2 is 1.90 bits per heavy atom. The topological polar surface area (TPSA) is 41.1 Å². The van der Waals surface area contributed by atoms with Crippen LogP contribution < -0.4 is 10.6 Å². The molecule has 0 heterocycles. The van der Waals surface area contributed by atoms with Crippen LogP contribution in [0.5, 0.6) is 0 Å². The van der Waals surface area contributed by atoms with Crippen LogP contribution in [-0.4, -0.2) is 5.91 Å². The van der Waals surface area contributed by atoms with Crippen LogP contribution in [0.25, 0.3) is 0 Å². The molecule has 0 aliphatic carbocycles. The Morgan fingerprint density at radius 3 is 2.52 bits per heavy atom. The van der Waals surface area contributed by atoms with Gasteiger partial charge in [0.1, 0.15) is 0 Å². The van der Waals surface area contributed by atoms with Crippen molar-refractivity contribution >= 4 is 27.5 Å². The first-order chi connectivity index (χ1) is 10.0. The molecule has 2 aromatic rings. The summed E-state index contributed by atoms with van der Waals surface area (Å²) in [7, 11) is 0. The summed E-state index contributed by atoms with van der Waals surface area (Å²) >= 11 is 3.49. The summed E-state index contributed by atoms with van der Waals surface area (Å²) in [4.78, 5) is 11.0. The van der Waals surface area contributed by atoms with Crippen LogP contribution in [0.1, 0.15) is 31.0 Å². The van der Waals surface area contributed by atoms with Gasteiger partial charge in [-0.1, -0.05) is 40.2 Å². The van der Waals surface area contributed by atoms with Crippen LogP contribution in [0, 0.1) is 0 Å². The third kappa shape index (κ3) is 4.99. The smallest absolute Gasteiger partial charge is 0.221 e. The minimum absolute atomic E-state index is 0.0517. The summed E-state index contributed by atoms with van der Waals surface area (Å²) in [5, 5.41) is 6.26. The highest BCUT2D eigenvalue weighted by molar-refractivity contribution is 9.10. The molecule has 0 aliphatic heterocycles. The number of carbonyl (C=O) groups excluding carboxylic acids is 1. The first kappa shape index (κ1) is 15.7. The lowest BCUT2D eigenvalue weighted by Crippen LogP contribution is -2.18. The van der Waals surface area contributed by atoms with Gasteiger partial charge >= 0.3 is 0 Å². The number of nitrogens with one attached hydrogen (secondary N) is 2. The van der Waals surface area contributed by atoms with Crippen LogP contribution in [0.4, 0.5) is 5.69 Å². The van der Waals surface area contributed by atoms with Crippen LogP contribution >= 0.6 is 15.9 Å². The maximum Gasteiger partial charge on any atom is 0.221 e. The Kier molecular flexibility index (Phi) is 5.53. The minimum atomic E-state index is -0.0517. The van der Waals surface area contributed by atoms with E-state index < -0.39 is 0 Å². The average Bonchev–Trinajstić information content (AvgIpc) is 2.45. The van der Waals surface area contributed by atoms with Crippen LogP contribution in [-0.2, 0) is 11.3 Å². The number of benzene rings is 2. The van der Waals surface area contributed by atoms with Gasteiger partial charge in [0.15, 0.2) is 0 Å². The van der Waals surface area contributed by atoms with E-state index in [0.717, 1.165) is 16.7 Å². The monoisotopic (exact) mass is 346 g/mol. The Morgan fingerprint density at radius 1 is 1.19 bits per heavy atom. The third-order valence-electron chi connectivity index (χ3n) is 3.24. The molecule has 0 bridgehead atoms. The zero-order chi connectivity index (χ0) is 15.2. The van der Waals surface area contributed by atoms with Crippen molar-refractivity contribution in [2.45, 2.75) is 26.4 Å². The van der Waals surface area contributed by atoms with E-state index in [1.54, 1.807) is 0 Å². The fraction of sp³-hybridized carbons (Fsp3) is 0.235. The molecule has 0 saturated carbocycles. The van der Waals surface area contributed by atoms with Crippen molar-refractivity contribution in [2.24, 2.45) is 0 Å². The maximum absolute atomic E-state index is 11.0. The predicted octanol–water partition coefficient (Wildman–Crippen LogP) is 4.26. The first-order valence-corrected chi connectivity index (χ1v) is 7.69. The Hall–Kier alpha value is -1.65. The van der Waals surface area contributed by atoms with Gasteiger partial charge in [0.25, 0.3) is 0 Å². The zero-order valence-corrected chi connectivity index (χ0v) is 13.8. The number of hydrogen-bond donors (Lipinski definition) is 2. The van der Waals surface area contributed by atoms with Gasteiger partial charge in [0.2, 0.25) is 5.91 Å². The van der Waals surface area contributed by atoms with Crippen molar-refractivity contribution < 1.29 is 4.79 Å². The van der Waals surface area contributed by atoms with E-state index in [2.05, 4.69) is 45.6 Å². The van der Waals surface area contributed by atoms with Gasteiger partial charge in [-0.25, -0.2) is 0 Å². The van der Waals surface area contributed by atoms with Gasteiger partial charge < -0.3 is 10.6 Å². The molecule has 0 saturated heterocycles. The summed E-state index contributed by atoms with van der Waals surface area (Å²) in [6.07, 6.45) is 0. The molecule has 0 spiro atoms. The predicted molar refractivity (Wildman–Crippen MR) is 90.1 cm³/mol. The van der Waals surface area contributed by atoms with Crippen molar-refractivity contribution in [3.05, 3.63) is 64.1 Å². The Bertz CT molecular complexity index is 610. The lowest BCUT2D eigenvalue weighted by molar-refractivity contribution is -0.114. The first-order valence-electron chi connectivity index (χ1n) is 6.90. The van der Waals surface area contributed by atoms with Crippen molar-refractivity contribution in [3.63, 3.8) is 0 Å². The van der Waals surface area contributed by atoms with Crippen LogP contribution in [0.2, 0.25) is 0 Å². The van der Waals surface area contributed by atoms with Crippen molar-refractivity contribution in [1.29, 1.82) is 0 Å². The van der Waals surface area contributed by atoms with E-state index in [0.29, 0.717) is 0 Å². The van der Waals surface area contributed by atoms with Crippen molar-refractivity contribution in [2.75, 3.05) is 5.32 Å². The molecule has 1 atom stereocenters. The molecule has 110 valence electrons. The second-order valence-electron chi connectivity index (χ2n) is 5.04. The van der Waals surface area contributed by atoms with E-state index in [4.69, 9.17) is 0 Å². The van der Waals surface area contributed by atoms with E-state index in [9.17, 15) is 4.79 Å². The molecule has 0 radical (unpaired) electrons. The molecule has 0 fully saturated rings. The zero-order valence-electron chi connectivity index (χ0n) is 12.2. The van der Waals surface area contributed by atoms with Crippen LogP contribution in [0.3, 0.4) is 0 Å². The standard InChI is InChI=1S/C17H19BrN2O/c1-12(15-4-3-5-16(18)10-15)19-11-14-6-8-17(9-7-14)20-13(2)21/h3-10,12,19H,11H2,1-2H3,(H,20,21). The second-order valence-corrected chi connectivity index (χ2v) is 5.95.